The van der Waals surface area contributed by atoms with E-state index in [1.54, 1.807) is 4.98 Å². The molecule has 0 bridgehead atoms. The Hall–Kier alpha value is -2.23. The van der Waals surface area contributed by atoms with Crippen molar-refractivity contribution in [2.24, 2.45) is 0 Å². The third-order valence-corrected chi connectivity index (χ3v) is 2.32. The molecule has 9 nitrogen and oxygen atoms in total. The van der Waals surface area contributed by atoms with Crippen LogP contribution in [0.5, 0.6) is 0 Å². The molecule has 0 saturated heterocycles. The molecule has 0 spiro atoms. The van der Waals surface area contributed by atoms with E-state index in [2.05, 4.69) is 17.9 Å². The van der Waals surface area contributed by atoms with Crippen LogP contribution in [0.15, 0.2) is 9.59 Å². The molecule has 1 atom stereocenters. The average Bonchev–Trinajstić information content (AvgIpc) is 2.26. The maximum Gasteiger partial charge on any atom is 0.354 e. The van der Waals surface area contributed by atoms with E-state index < -0.39 is 40.6 Å². The van der Waals surface area contributed by atoms with Crippen molar-refractivity contribution in [3.63, 3.8) is 0 Å². The van der Waals surface area contributed by atoms with Gasteiger partial charge < -0.3 is 15.5 Å². The van der Waals surface area contributed by atoms with E-state index in [0.29, 0.717) is 0 Å². The lowest BCUT2D eigenvalue weighted by Gasteiger charge is -2.13. The largest absolute Gasteiger partial charge is 0.480 e. The number of H-pyrrole nitrogens is 2. The summed E-state index contributed by atoms with van der Waals surface area (Å²) < 4.78 is 0. The minimum absolute atomic E-state index is 0.174. The topological polar surface area (TPSA) is 152 Å². The van der Waals surface area contributed by atoms with Crippen molar-refractivity contribution in [2.75, 3.05) is 11.1 Å². The van der Waals surface area contributed by atoms with Gasteiger partial charge in [-0.2, -0.15) is 12.6 Å². The van der Waals surface area contributed by atoms with Gasteiger partial charge in [-0.15, -0.1) is 0 Å². The number of thiol groups is 1. The highest BCUT2D eigenvalue weighted by molar-refractivity contribution is 7.80. The molecular weight excluding hydrogens is 266 g/mol. The highest BCUT2D eigenvalue weighted by atomic mass is 32.1. The zero-order valence-corrected chi connectivity index (χ0v) is 9.65. The summed E-state index contributed by atoms with van der Waals surface area (Å²) in [5.74, 6) is -3.05. The number of carbonyl (C=O) groups is 2. The first-order valence-electron chi connectivity index (χ1n) is 4.57. The first-order valence-corrected chi connectivity index (χ1v) is 5.20. The Morgan fingerprint density at radius 3 is 2.33 bits per heavy atom. The van der Waals surface area contributed by atoms with E-state index in [4.69, 9.17) is 10.2 Å². The van der Waals surface area contributed by atoms with Crippen LogP contribution in [0.2, 0.25) is 0 Å². The lowest BCUT2D eigenvalue weighted by atomic mass is 10.2. The van der Waals surface area contributed by atoms with Crippen molar-refractivity contribution in [2.45, 2.75) is 6.04 Å². The molecule has 0 aromatic carbocycles. The molecule has 1 heterocycles. The maximum absolute atomic E-state index is 11.4. The Labute approximate surface area is 104 Å². The quantitative estimate of drug-likeness (QED) is 0.360. The molecule has 10 heteroatoms. The van der Waals surface area contributed by atoms with E-state index in [0.717, 1.165) is 0 Å². The van der Waals surface area contributed by atoms with Crippen molar-refractivity contribution in [1.82, 2.24) is 9.97 Å². The number of hydrogen-bond acceptors (Lipinski definition) is 6. The van der Waals surface area contributed by atoms with Gasteiger partial charge in [0.05, 0.1) is 0 Å². The molecule has 0 radical (unpaired) electrons. The molecule has 0 unspecified atom stereocenters. The summed E-state index contributed by atoms with van der Waals surface area (Å²) in [6.07, 6.45) is 0. The Balaban J connectivity index is 3.31. The van der Waals surface area contributed by atoms with Crippen LogP contribution in [-0.4, -0.2) is 43.9 Å². The summed E-state index contributed by atoms with van der Waals surface area (Å²) in [6, 6.07) is -1.27. The number of anilines is 1. The van der Waals surface area contributed by atoms with Gasteiger partial charge in [-0.1, -0.05) is 0 Å². The molecule has 18 heavy (non-hydrogen) atoms. The molecule has 0 aliphatic carbocycles. The molecule has 0 amide bonds. The van der Waals surface area contributed by atoms with Gasteiger partial charge in [-0.25, -0.2) is 14.4 Å². The van der Waals surface area contributed by atoms with Crippen molar-refractivity contribution >= 4 is 30.3 Å². The number of hydrogen-bond donors (Lipinski definition) is 6. The van der Waals surface area contributed by atoms with Crippen molar-refractivity contribution in [3.05, 3.63) is 26.5 Å². The highest BCUT2D eigenvalue weighted by Crippen LogP contribution is 2.07. The van der Waals surface area contributed by atoms with Crippen molar-refractivity contribution in [1.29, 1.82) is 0 Å². The SMILES string of the molecule is O=C(O)c1[nH]c(=O)[nH]c(=O)c1N[C@@H](CS)C(=O)O. The Bertz CT molecular complexity index is 591. The van der Waals surface area contributed by atoms with Crippen molar-refractivity contribution < 1.29 is 19.8 Å². The maximum atomic E-state index is 11.4. The van der Waals surface area contributed by atoms with Gasteiger partial charge in [0.25, 0.3) is 5.56 Å². The van der Waals surface area contributed by atoms with Gasteiger partial charge in [0, 0.05) is 5.75 Å². The predicted octanol–water partition coefficient (Wildman–Crippen LogP) is -1.44. The second-order valence-corrected chi connectivity index (χ2v) is 3.55. The highest BCUT2D eigenvalue weighted by Gasteiger charge is 2.22. The van der Waals surface area contributed by atoms with Gasteiger partial charge in [-0.05, 0) is 0 Å². The van der Waals surface area contributed by atoms with Crippen LogP contribution in [0.3, 0.4) is 0 Å². The number of aromatic amines is 2. The minimum atomic E-state index is -1.57. The molecule has 1 aromatic heterocycles. The van der Waals surface area contributed by atoms with Crippen LogP contribution in [0.4, 0.5) is 5.69 Å². The molecular formula is C8H9N3O6S. The summed E-state index contributed by atoms with van der Waals surface area (Å²) in [5, 5.41) is 19.8. The van der Waals surface area contributed by atoms with E-state index >= 15 is 0 Å². The van der Waals surface area contributed by atoms with Crippen LogP contribution in [0.1, 0.15) is 10.5 Å². The van der Waals surface area contributed by atoms with Crippen LogP contribution >= 0.6 is 12.6 Å². The van der Waals surface area contributed by atoms with Crippen LogP contribution < -0.4 is 16.6 Å². The fourth-order valence-corrected chi connectivity index (χ4v) is 1.39. The molecule has 1 aromatic rings. The van der Waals surface area contributed by atoms with Crippen LogP contribution in [-0.2, 0) is 4.79 Å². The molecule has 98 valence electrons. The third-order valence-electron chi connectivity index (χ3n) is 1.96. The number of nitrogens with one attached hydrogen (secondary N) is 3. The molecule has 0 saturated carbocycles. The van der Waals surface area contributed by atoms with Gasteiger partial charge in [0.15, 0.2) is 5.69 Å². The summed E-state index contributed by atoms with van der Waals surface area (Å²) in [4.78, 5) is 47.6. The fraction of sp³-hybridized carbons (Fsp3) is 0.250. The zero-order valence-electron chi connectivity index (χ0n) is 8.76. The predicted molar refractivity (Wildman–Crippen MR) is 63.5 cm³/mol. The monoisotopic (exact) mass is 275 g/mol. The number of aliphatic carboxylic acids is 1. The lowest BCUT2D eigenvalue weighted by Crippen LogP contribution is -2.37. The summed E-state index contributed by atoms with van der Waals surface area (Å²) in [7, 11) is 0. The lowest BCUT2D eigenvalue weighted by molar-refractivity contribution is -0.137. The standard InChI is InChI=1S/C8H9N3O6S/c12-5-3(9-2(1-18)6(13)14)4(7(15)16)10-8(17)11-5/h2,9,18H,1H2,(H,13,14)(H,15,16)(H2,10,11,12,17)/t2-/m0/s1. The third kappa shape index (κ3) is 2.91. The van der Waals surface area contributed by atoms with E-state index in [9.17, 15) is 19.2 Å². The second-order valence-electron chi connectivity index (χ2n) is 3.18. The fourth-order valence-electron chi connectivity index (χ4n) is 1.14. The number of carboxylic acids is 2. The van der Waals surface area contributed by atoms with Gasteiger partial charge in [0.2, 0.25) is 0 Å². The molecule has 0 aliphatic rings. The summed E-state index contributed by atoms with van der Waals surface area (Å²) in [5.41, 5.74) is -3.27. The molecule has 5 N–H and O–H groups in total. The normalized spacial score (nSPS) is 11.8. The van der Waals surface area contributed by atoms with Crippen molar-refractivity contribution in [3.8, 4) is 0 Å². The van der Waals surface area contributed by atoms with Gasteiger partial charge >= 0.3 is 17.6 Å². The Morgan fingerprint density at radius 1 is 1.28 bits per heavy atom. The number of aromatic nitrogens is 2. The number of carboxylic acid groups (broad SMARTS) is 2. The smallest absolute Gasteiger partial charge is 0.354 e. The van der Waals surface area contributed by atoms with Crippen LogP contribution in [0, 0.1) is 0 Å². The van der Waals surface area contributed by atoms with E-state index in [1.807, 2.05) is 4.98 Å². The minimum Gasteiger partial charge on any atom is -0.480 e. The Morgan fingerprint density at radius 2 is 1.89 bits per heavy atom. The number of aromatic carboxylic acids is 1. The molecule has 0 fully saturated rings. The summed E-state index contributed by atoms with van der Waals surface area (Å²) >= 11 is 3.75. The van der Waals surface area contributed by atoms with E-state index in [-0.39, 0.29) is 5.75 Å². The zero-order chi connectivity index (χ0) is 13.9. The first-order chi connectivity index (χ1) is 8.36. The Kier molecular flexibility index (Phi) is 4.15. The average molecular weight is 275 g/mol. The first kappa shape index (κ1) is 13.8. The second kappa shape index (κ2) is 5.40. The van der Waals surface area contributed by atoms with Gasteiger partial charge in [-0.3, -0.25) is 14.8 Å². The molecule has 1 rings (SSSR count). The molecule has 0 aliphatic heterocycles. The van der Waals surface area contributed by atoms with E-state index in [1.165, 1.54) is 0 Å². The van der Waals surface area contributed by atoms with Crippen LogP contribution in [0.25, 0.3) is 0 Å². The summed E-state index contributed by atoms with van der Waals surface area (Å²) in [6.45, 7) is 0. The number of rotatable bonds is 5. The van der Waals surface area contributed by atoms with Gasteiger partial charge in [0.1, 0.15) is 11.7 Å².